The van der Waals surface area contributed by atoms with E-state index < -0.39 is 19.8 Å². The van der Waals surface area contributed by atoms with Gasteiger partial charge in [-0.3, -0.25) is 0 Å². The Balaban J connectivity index is 0.00000257. The van der Waals surface area contributed by atoms with Crippen LogP contribution in [0.15, 0.2) is 155 Å². The molecule has 2 aliphatic rings. The third kappa shape index (κ3) is 7.64. The van der Waals surface area contributed by atoms with Crippen molar-refractivity contribution in [1.82, 2.24) is 0 Å². The minimum absolute atomic E-state index is 0. The van der Waals surface area contributed by atoms with Gasteiger partial charge in [-0.2, -0.15) is 0 Å². The molecule has 1 unspecified atom stereocenters. The Kier molecular flexibility index (Phi) is 12.0. The number of hydrogen-bond donors (Lipinski definition) is 0. The summed E-state index contributed by atoms with van der Waals surface area (Å²) in [7, 11) is 0. The molecule has 0 saturated heterocycles. The molecule has 0 nitrogen and oxygen atoms in total. The van der Waals surface area contributed by atoms with Gasteiger partial charge in [0.05, 0.1) is 0 Å². The number of fused-ring (bicyclic) bond motifs is 3. The van der Waals surface area contributed by atoms with Crippen LogP contribution in [0.2, 0.25) is 5.02 Å². The van der Waals surface area contributed by atoms with E-state index in [2.05, 4.69) is 191 Å². The second kappa shape index (κ2) is 16.1. The van der Waals surface area contributed by atoms with Gasteiger partial charge >= 0.3 is 328 Å². The molecule has 4 heteroatoms. The van der Waals surface area contributed by atoms with Gasteiger partial charge in [0, 0.05) is 0 Å². The predicted molar refractivity (Wildman–Crippen MR) is 242 cm³/mol. The van der Waals surface area contributed by atoms with Crippen LogP contribution in [0.3, 0.4) is 0 Å². The standard InChI is InChI=1S/C33H33.C7H5Cl.C6H5.C5H5.2ClH.Zr/c1-32(2,3)30-20-26-24(18-28(30)22-13-9-7-10-14-22)17-25-19-29(23-15-11-8-12-16-23)31(21-27(25)26)33(4,5)6;1-6-3-2-4-7(8)5-6;1-2-4-6-5-3-1;1-2-4-5-3-1;;;/h7-16,18,20-21H,17H2,1-6H3;1-5H;1-5H;1-3H,4H2;2*1H;. The molecule has 6 aromatic carbocycles. The van der Waals surface area contributed by atoms with Crippen LogP contribution < -0.4 is 6.54 Å². The van der Waals surface area contributed by atoms with Crippen LogP contribution in [0.25, 0.3) is 33.4 Å². The molecule has 8 rings (SSSR count). The van der Waals surface area contributed by atoms with Crippen LogP contribution in [0.1, 0.15) is 75.8 Å². The van der Waals surface area contributed by atoms with Crippen LogP contribution in [-0.2, 0) is 37.0 Å². The van der Waals surface area contributed by atoms with Gasteiger partial charge in [-0.1, -0.05) is 0 Å². The maximum Gasteiger partial charge on any atom is -0.147 e. The molecule has 0 spiro atoms. The number of benzene rings is 6. The molecule has 0 amide bonds. The second-order valence-electron chi connectivity index (χ2n) is 16.9. The third-order valence-corrected chi connectivity index (χ3v) is 23.1. The predicted octanol–water partition coefficient (Wildman–Crippen LogP) is 13.5. The van der Waals surface area contributed by atoms with Crippen molar-refractivity contribution in [3.05, 3.63) is 188 Å². The van der Waals surface area contributed by atoms with Gasteiger partial charge in [0.25, 0.3) is 0 Å². The largest absolute Gasteiger partial charge is 0.147 e. The molecule has 0 fully saturated rings. The summed E-state index contributed by atoms with van der Waals surface area (Å²) in [6, 6.07) is 50.0. The van der Waals surface area contributed by atoms with Crippen LogP contribution >= 0.6 is 36.4 Å². The summed E-state index contributed by atoms with van der Waals surface area (Å²) >= 11 is 2.67. The zero-order chi connectivity index (χ0) is 37.0. The smallest absolute Gasteiger partial charge is 0.147 e. The van der Waals surface area contributed by atoms with E-state index in [1.165, 1.54) is 64.5 Å². The molecule has 2 aliphatic carbocycles. The zero-order valence-corrected chi connectivity index (χ0v) is 37.5. The number of allylic oxidation sites excluding steroid dienone is 4. The fraction of sp³-hybridized carbons (Fsp3) is 0.196. The Morgan fingerprint density at radius 2 is 1.20 bits per heavy atom. The van der Waals surface area contributed by atoms with Crippen molar-refractivity contribution in [3.63, 3.8) is 0 Å². The molecule has 0 aliphatic heterocycles. The summed E-state index contributed by atoms with van der Waals surface area (Å²) in [6.07, 6.45) is 8.99. The van der Waals surface area contributed by atoms with E-state index in [0.29, 0.717) is 0 Å². The SMILES string of the molecule is CC(C)(C)c1cc2c(cc1-c1ccccc1)Cc1c-2cc(C(C)(C)C)c(-c2ccccc2)[c]1[Zr](=[CH]c1cccc(Cl)c1)([C]1=CC=CC1)[c]1ccccc1.Cl.Cl. The van der Waals surface area contributed by atoms with Crippen LogP contribution in [0, 0.1) is 0 Å². The summed E-state index contributed by atoms with van der Waals surface area (Å²) in [4.78, 5) is 0. The molecule has 1 atom stereocenters. The average molecular weight is 861 g/mol. The van der Waals surface area contributed by atoms with Crippen molar-refractivity contribution in [2.45, 2.75) is 65.2 Å². The summed E-state index contributed by atoms with van der Waals surface area (Å²) in [5.74, 6) is 0. The normalized spacial score (nSPS) is 14.2. The molecule has 0 bridgehead atoms. The van der Waals surface area contributed by atoms with Crippen LogP contribution in [0.4, 0.5) is 0 Å². The molecule has 6 aromatic rings. The van der Waals surface area contributed by atoms with Gasteiger partial charge < -0.3 is 0 Å². The fourth-order valence-corrected chi connectivity index (χ4v) is 21.4. The molecular formula is C51H50Cl3Zr. The first-order chi connectivity index (χ1) is 25.4. The molecule has 0 N–H and O–H groups in total. The minimum atomic E-state index is -4.12. The zero-order valence-electron chi connectivity index (χ0n) is 32.6. The fourth-order valence-electron chi connectivity index (χ4n) is 8.81. The topological polar surface area (TPSA) is 0 Å². The Hall–Kier alpha value is -3.58. The summed E-state index contributed by atoms with van der Waals surface area (Å²) in [6.45, 7) is 14.3. The van der Waals surface area contributed by atoms with E-state index in [9.17, 15) is 0 Å². The van der Waals surface area contributed by atoms with Crippen molar-refractivity contribution < 1.29 is 19.8 Å². The number of halogens is 3. The first kappa shape index (κ1) is 41.1. The van der Waals surface area contributed by atoms with Crippen molar-refractivity contribution in [2.75, 3.05) is 0 Å². The first-order valence-electron chi connectivity index (χ1n) is 19.0. The quantitative estimate of drug-likeness (QED) is 0.156. The van der Waals surface area contributed by atoms with Crippen molar-refractivity contribution in [3.8, 4) is 33.4 Å². The van der Waals surface area contributed by atoms with Crippen molar-refractivity contribution >= 4 is 46.7 Å². The minimum Gasteiger partial charge on any atom is -0.147 e. The molecule has 0 aromatic heterocycles. The number of rotatable bonds is 6. The Bertz CT molecular complexity index is 2460. The van der Waals surface area contributed by atoms with Gasteiger partial charge in [0.15, 0.2) is 0 Å². The third-order valence-electron chi connectivity index (χ3n) is 11.2. The molecule has 55 heavy (non-hydrogen) atoms. The molecule has 0 heterocycles. The summed E-state index contributed by atoms with van der Waals surface area (Å²) in [5.41, 5.74) is 15.0. The second-order valence-corrected chi connectivity index (χ2v) is 26.2. The molecule has 279 valence electrons. The first-order valence-corrected chi connectivity index (χ1v) is 24.5. The Morgan fingerprint density at radius 3 is 1.78 bits per heavy atom. The van der Waals surface area contributed by atoms with Gasteiger partial charge in [-0.25, -0.2) is 0 Å². The van der Waals surface area contributed by atoms with E-state index in [1.807, 2.05) is 6.07 Å². The number of hydrogen-bond acceptors (Lipinski definition) is 0. The van der Waals surface area contributed by atoms with E-state index in [0.717, 1.165) is 17.9 Å². The van der Waals surface area contributed by atoms with Crippen molar-refractivity contribution in [2.24, 2.45) is 0 Å². The summed E-state index contributed by atoms with van der Waals surface area (Å²) < 4.78 is 7.36. The van der Waals surface area contributed by atoms with Gasteiger partial charge in [-0.15, -0.1) is 24.8 Å². The Labute approximate surface area is 350 Å². The van der Waals surface area contributed by atoms with Gasteiger partial charge in [0.1, 0.15) is 0 Å². The van der Waals surface area contributed by atoms with E-state index in [4.69, 9.17) is 11.6 Å². The van der Waals surface area contributed by atoms with Gasteiger partial charge in [-0.05, 0) is 0 Å². The van der Waals surface area contributed by atoms with E-state index >= 15 is 0 Å². The molecule has 0 saturated carbocycles. The molecular weight excluding hydrogens is 810 g/mol. The van der Waals surface area contributed by atoms with Crippen molar-refractivity contribution in [1.29, 1.82) is 0 Å². The maximum atomic E-state index is 6.79. The van der Waals surface area contributed by atoms with Gasteiger partial charge in [0.2, 0.25) is 0 Å². The van der Waals surface area contributed by atoms with E-state index in [-0.39, 0.29) is 35.6 Å². The maximum absolute atomic E-state index is 6.79. The summed E-state index contributed by atoms with van der Waals surface area (Å²) in [5, 5.41) is 0.776. The van der Waals surface area contributed by atoms with Crippen LogP contribution in [0.5, 0.6) is 0 Å². The monoisotopic (exact) mass is 857 g/mol. The average Bonchev–Trinajstić information content (AvgIpc) is 3.82. The van der Waals surface area contributed by atoms with Crippen LogP contribution in [-0.4, -0.2) is 3.71 Å². The van der Waals surface area contributed by atoms with E-state index in [1.54, 1.807) is 6.55 Å². The molecule has 0 radical (unpaired) electrons. The Morgan fingerprint density at radius 1 is 0.600 bits per heavy atom.